The summed E-state index contributed by atoms with van der Waals surface area (Å²) in [4.78, 5) is 24.9. The van der Waals surface area contributed by atoms with Crippen LogP contribution in [0.3, 0.4) is 0 Å². The minimum absolute atomic E-state index is 0.0783. The summed E-state index contributed by atoms with van der Waals surface area (Å²) in [5.41, 5.74) is 0. The van der Waals surface area contributed by atoms with Gasteiger partial charge in [-0.1, -0.05) is 25.7 Å². The third-order valence-electron chi connectivity index (χ3n) is 4.04. The zero-order valence-electron chi connectivity index (χ0n) is 10.9. The van der Waals surface area contributed by atoms with E-state index in [2.05, 4.69) is 0 Å². The summed E-state index contributed by atoms with van der Waals surface area (Å²) in [6.07, 6.45) is 9.02. The number of carbonyl (C=O) groups is 2. The van der Waals surface area contributed by atoms with Crippen molar-refractivity contribution in [2.24, 2.45) is 5.92 Å². The molecular formula is C14H23NO3. The highest BCUT2D eigenvalue weighted by atomic mass is 16.4. The van der Waals surface area contributed by atoms with Crippen molar-refractivity contribution in [1.82, 2.24) is 4.90 Å². The predicted molar refractivity (Wildman–Crippen MR) is 68.2 cm³/mol. The summed E-state index contributed by atoms with van der Waals surface area (Å²) < 4.78 is 0. The molecule has 0 aliphatic heterocycles. The van der Waals surface area contributed by atoms with Crippen LogP contribution in [0.5, 0.6) is 0 Å². The van der Waals surface area contributed by atoms with E-state index in [0.717, 1.165) is 25.7 Å². The number of aliphatic carboxylic acids is 1. The van der Waals surface area contributed by atoms with Gasteiger partial charge in [0.25, 0.3) is 0 Å². The number of rotatable bonds is 5. The quantitative estimate of drug-likeness (QED) is 0.765. The highest BCUT2D eigenvalue weighted by Gasteiger charge is 2.36. The summed E-state index contributed by atoms with van der Waals surface area (Å²) in [5.74, 6) is -0.401. The lowest BCUT2D eigenvalue weighted by molar-refractivity contribution is -0.140. The molecule has 1 N–H and O–H groups in total. The van der Waals surface area contributed by atoms with Crippen LogP contribution in [-0.4, -0.2) is 34.5 Å². The van der Waals surface area contributed by atoms with Crippen molar-refractivity contribution in [2.75, 3.05) is 6.54 Å². The van der Waals surface area contributed by atoms with Crippen LogP contribution in [0.2, 0.25) is 0 Å². The number of carboxylic acids is 1. The topological polar surface area (TPSA) is 57.6 Å². The second-order valence-electron chi connectivity index (χ2n) is 5.60. The van der Waals surface area contributed by atoms with Crippen LogP contribution in [0.15, 0.2) is 0 Å². The molecule has 0 spiro atoms. The van der Waals surface area contributed by atoms with E-state index in [0.29, 0.717) is 12.6 Å². The molecule has 2 fully saturated rings. The maximum absolute atomic E-state index is 12.3. The average Bonchev–Trinajstić information content (AvgIpc) is 3.16. The molecule has 0 heterocycles. The van der Waals surface area contributed by atoms with Crippen LogP contribution in [0.1, 0.15) is 57.8 Å². The zero-order chi connectivity index (χ0) is 13.0. The molecule has 0 aromatic rings. The SMILES string of the molecule is O=C(O)CCN(C(=O)C1CC1)C1CCCCCC1. The molecule has 2 aliphatic carbocycles. The van der Waals surface area contributed by atoms with Crippen LogP contribution in [0.25, 0.3) is 0 Å². The number of nitrogens with zero attached hydrogens (tertiary/aromatic N) is 1. The van der Waals surface area contributed by atoms with Crippen molar-refractivity contribution in [2.45, 2.75) is 63.8 Å². The number of carbonyl (C=O) groups excluding carboxylic acids is 1. The third-order valence-corrected chi connectivity index (χ3v) is 4.04. The van der Waals surface area contributed by atoms with Gasteiger partial charge < -0.3 is 10.0 Å². The Morgan fingerprint density at radius 1 is 1.00 bits per heavy atom. The summed E-state index contributed by atoms with van der Waals surface area (Å²) in [6, 6.07) is 0.292. The Morgan fingerprint density at radius 2 is 1.61 bits per heavy atom. The lowest BCUT2D eigenvalue weighted by Crippen LogP contribution is -2.42. The molecule has 0 bridgehead atoms. The Balaban J connectivity index is 1.96. The lowest BCUT2D eigenvalue weighted by Gasteiger charge is -2.31. The van der Waals surface area contributed by atoms with E-state index in [9.17, 15) is 9.59 Å². The largest absolute Gasteiger partial charge is 0.481 e. The highest BCUT2D eigenvalue weighted by Crippen LogP contribution is 2.33. The van der Waals surface area contributed by atoms with Crippen molar-refractivity contribution >= 4 is 11.9 Å². The predicted octanol–water partition coefficient (Wildman–Crippen LogP) is 2.42. The number of amides is 1. The normalized spacial score (nSPS) is 21.3. The summed E-state index contributed by atoms with van der Waals surface area (Å²) in [5, 5.41) is 8.81. The van der Waals surface area contributed by atoms with Crippen molar-refractivity contribution in [3.63, 3.8) is 0 Å². The monoisotopic (exact) mass is 253 g/mol. The van der Waals surface area contributed by atoms with E-state index in [4.69, 9.17) is 5.11 Å². The first kappa shape index (κ1) is 13.4. The van der Waals surface area contributed by atoms with Crippen molar-refractivity contribution in [3.05, 3.63) is 0 Å². The van der Waals surface area contributed by atoms with Gasteiger partial charge in [-0.05, 0) is 25.7 Å². The highest BCUT2D eigenvalue weighted by molar-refractivity contribution is 5.81. The maximum Gasteiger partial charge on any atom is 0.305 e. The molecule has 4 heteroatoms. The molecule has 2 aliphatic rings. The number of hydrogen-bond donors (Lipinski definition) is 1. The molecule has 1 amide bonds. The Labute approximate surface area is 108 Å². The smallest absolute Gasteiger partial charge is 0.305 e. The Hall–Kier alpha value is -1.06. The van der Waals surface area contributed by atoms with Gasteiger partial charge in [0.2, 0.25) is 5.91 Å². The molecule has 18 heavy (non-hydrogen) atoms. The molecule has 4 nitrogen and oxygen atoms in total. The second kappa shape index (κ2) is 6.21. The molecule has 2 saturated carbocycles. The van der Waals surface area contributed by atoms with Crippen molar-refractivity contribution < 1.29 is 14.7 Å². The van der Waals surface area contributed by atoms with Crippen molar-refractivity contribution in [3.8, 4) is 0 Å². The Kier molecular flexibility index (Phi) is 4.61. The fourth-order valence-electron chi connectivity index (χ4n) is 2.82. The molecule has 0 unspecified atom stereocenters. The first-order valence-corrected chi connectivity index (χ1v) is 7.21. The van der Waals surface area contributed by atoms with Gasteiger partial charge in [-0.2, -0.15) is 0 Å². The van der Waals surface area contributed by atoms with Gasteiger partial charge in [0, 0.05) is 18.5 Å². The second-order valence-corrected chi connectivity index (χ2v) is 5.60. The van der Waals surface area contributed by atoms with Crippen molar-refractivity contribution in [1.29, 1.82) is 0 Å². The number of carboxylic acid groups (broad SMARTS) is 1. The molecule has 0 saturated heterocycles. The van der Waals surface area contributed by atoms with Gasteiger partial charge in [0.05, 0.1) is 6.42 Å². The van der Waals surface area contributed by atoms with Gasteiger partial charge in [-0.3, -0.25) is 9.59 Å². The fraction of sp³-hybridized carbons (Fsp3) is 0.857. The Morgan fingerprint density at radius 3 is 2.11 bits per heavy atom. The van der Waals surface area contributed by atoms with Crippen LogP contribution < -0.4 is 0 Å². The van der Waals surface area contributed by atoms with Crippen LogP contribution in [-0.2, 0) is 9.59 Å². The van der Waals surface area contributed by atoms with E-state index in [1.165, 1.54) is 25.7 Å². The van der Waals surface area contributed by atoms with Gasteiger partial charge in [-0.15, -0.1) is 0 Å². The van der Waals surface area contributed by atoms with E-state index in [-0.39, 0.29) is 18.2 Å². The molecule has 2 rings (SSSR count). The molecule has 0 atom stereocenters. The first-order valence-electron chi connectivity index (χ1n) is 7.21. The summed E-state index contributed by atoms with van der Waals surface area (Å²) >= 11 is 0. The summed E-state index contributed by atoms with van der Waals surface area (Å²) in [7, 11) is 0. The van der Waals surface area contributed by atoms with E-state index >= 15 is 0 Å². The molecule has 102 valence electrons. The summed E-state index contributed by atoms with van der Waals surface area (Å²) in [6.45, 7) is 0.398. The standard InChI is InChI=1S/C14H23NO3/c16-13(17)9-10-15(14(18)11-7-8-11)12-5-3-1-2-4-6-12/h11-12H,1-10H2,(H,16,17). The van der Waals surface area contributed by atoms with Crippen LogP contribution in [0.4, 0.5) is 0 Å². The van der Waals surface area contributed by atoms with Gasteiger partial charge in [0.15, 0.2) is 0 Å². The minimum Gasteiger partial charge on any atom is -0.481 e. The third kappa shape index (κ3) is 3.72. The maximum atomic E-state index is 12.3. The first-order chi connectivity index (χ1) is 8.68. The van der Waals surface area contributed by atoms with E-state index < -0.39 is 5.97 Å². The van der Waals surface area contributed by atoms with Crippen LogP contribution in [0, 0.1) is 5.92 Å². The average molecular weight is 253 g/mol. The molecule has 0 radical (unpaired) electrons. The van der Waals surface area contributed by atoms with E-state index in [1.54, 1.807) is 0 Å². The number of hydrogen-bond acceptors (Lipinski definition) is 2. The Bertz CT molecular complexity index is 304. The zero-order valence-corrected chi connectivity index (χ0v) is 10.9. The minimum atomic E-state index is -0.808. The lowest BCUT2D eigenvalue weighted by atomic mass is 10.1. The van der Waals surface area contributed by atoms with Gasteiger partial charge >= 0.3 is 5.97 Å². The fourth-order valence-corrected chi connectivity index (χ4v) is 2.82. The van der Waals surface area contributed by atoms with Gasteiger partial charge in [-0.25, -0.2) is 0 Å². The molecule has 0 aromatic heterocycles. The van der Waals surface area contributed by atoms with Crippen LogP contribution >= 0.6 is 0 Å². The van der Waals surface area contributed by atoms with E-state index in [1.807, 2.05) is 4.90 Å². The van der Waals surface area contributed by atoms with Gasteiger partial charge in [0.1, 0.15) is 0 Å². The molecule has 0 aromatic carbocycles. The molecular weight excluding hydrogens is 230 g/mol.